The lowest BCUT2D eigenvalue weighted by molar-refractivity contribution is 0.0137. The largest absolute Gasteiger partial charge is 0.491 e. The minimum absolute atomic E-state index is 0. The van der Waals surface area contributed by atoms with Crippen molar-refractivity contribution in [3.05, 3.63) is 29.8 Å². The number of carbonyl (C=O) groups is 1. The van der Waals surface area contributed by atoms with Gasteiger partial charge in [-0.25, -0.2) is 4.79 Å². The van der Waals surface area contributed by atoms with Gasteiger partial charge in [0.15, 0.2) is 5.96 Å². The molecule has 0 aromatic heterocycles. The van der Waals surface area contributed by atoms with E-state index in [0.29, 0.717) is 26.2 Å². The number of nitrogens with one attached hydrogen (secondary N) is 1. The van der Waals surface area contributed by atoms with Crippen LogP contribution in [0.1, 0.15) is 32.4 Å². The van der Waals surface area contributed by atoms with Crippen LogP contribution >= 0.6 is 24.0 Å². The molecule has 1 aromatic rings. The number of hydrogen-bond acceptors (Lipinski definition) is 6. The number of aliphatic imine (C=N–C) groups is 1. The van der Waals surface area contributed by atoms with E-state index in [1.807, 2.05) is 39.0 Å². The van der Waals surface area contributed by atoms with Crippen molar-refractivity contribution in [2.45, 2.75) is 38.5 Å². The van der Waals surface area contributed by atoms with Gasteiger partial charge in [0.05, 0.1) is 18.6 Å². The average Bonchev–Trinajstić information content (AvgIpc) is 3.18. The topological polar surface area (TPSA) is 66.4 Å². The average molecular weight is 486 g/mol. The van der Waals surface area contributed by atoms with E-state index in [1.165, 1.54) is 5.56 Å². The molecule has 2 atom stereocenters. The molecule has 3 heterocycles. The van der Waals surface area contributed by atoms with Gasteiger partial charge in [-0.1, -0.05) is 18.2 Å². The van der Waals surface area contributed by atoms with Crippen molar-refractivity contribution >= 4 is 36.0 Å². The SMILES string of the molecule is CC(C)(C)OC(=O)N1CCN2C(NC3COc4ccccc43)=NCC2C1.I. The van der Waals surface area contributed by atoms with Gasteiger partial charge in [-0.05, 0) is 26.8 Å². The van der Waals surface area contributed by atoms with Gasteiger partial charge in [0.25, 0.3) is 0 Å². The number of carbonyl (C=O) groups excluding carboxylic acids is 1. The first kappa shape index (κ1) is 20.0. The summed E-state index contributed by atoms with van der Waals surface area (Å²) in [5.74, 6) is 1.85. The number of guanidine groups is 1. The second-order valence-electron chi connectivity index (χ2n) is 7.98. The van der Waals surface area contributed by atoms with Crippen LogP contribution in [-0.4, -0.2) is 66.3 Å². The minimum atomic E-state index is -0.469. The highest BCUT2D eigenvalue weighted by molar-refractivity contribution is 14.0. The van der Waals surface area contributed by atoms with Crippen molar-refractivity contribution in [2.24, 2.45) is 4.99 Å². The van der Waals surface area contributed by atoms with Gasteiger partial charge in [-0.3, -0.25) is 4.99 Å². The predicted molar refractivity (Wildman–Crippen MR) is 114 cm³/mol. The molecular weight excluding hydrogens is 459 g/mol. The van der Waals surface area contributed by atoms with Gasteiger partial charge in [-0.15, -0.1) is 24.0 Å². The highest BCUT2D eigenvalue weighted by Crippen LogP contribution is 2.32. The molecule has 0 aliphatic carbocycles. The van der Waals surface area contributed by atoms with Gasteiger partial charge >= 0.3 is 6.09 Å². The van der Waals surface area contributed by atoms with Crippen LogP contribution in [0, 0.1) is 0 Å². The summed E-state index contributed by atoms with van der Waals surface area (Å²) in [6.07, 6.45) is -0.239. The molecule has 1 N–H and O–H groups in total. The summed E-state index contributed by atoms with van der Waals surface area (Å²) in [5, 5.41) is 3.53. The summed E-state index contributed by atoms with van der Waals surface area (Å²) in [5.41, 5.74) is 0.703. The molecule has 4 rings (SSSR count). The first-order valence-electron chi connectivity index (χ1n) is 9.18. The van der Waals surface area contributed by atoms with Crippen LogP contribution in [0.25, 0.3) is 0 Å². The molecule has 3 aliphatic heterocycles. The molecule has 0 saturated carbocycles. The molecule has 1 fully saturated rings. The maximum atomic E-state index is 12.3. The van der Waals surface area contributed by atoms with Crippen LogP contribution < -0.4 is 10.1 Å². The molecule has 1 saturated heterocycles. The standard InChI is InChI=1S/C19H26N4O3.HI/c1-19(2,3)26-18(24)22-8-9-23-13(11-22)10-20-17(23)21-15-12-25-16-7-5-4-6-14(15)16;/h4-7,13,15H,8-12H2,1-3H3,(H,20,21);1H. The molecule has 2 unspecified atom stereocenters. The number of rotatable bonds is 1. The number of nitrogens with zero attached hydrogens (tertiary/aromatic N) is 3. The van der Waals surface area contributed by atoms with Crippen molar-refractivity contribution in [3.8, 4) is 5.75 Å². The Morgan fingerprint density at radius 2 is 2.07 bits per heavy atom. The van der Waals surface area contributed by atoms with Crippen molar-refractivity contribution in [3.63, 3.8) is 0 Å². The Morgan fingerprint density at radius 3 is 2.85 bits per heavy atom. The molecule has 8 heteroatoms. The molecule has 1 amide bonds. The smallest absolute Gasteiger partial charge is 0.410 e. The number of amides is 1. The van der Waals surface area contributed by atoms with E-state index in [2.05, 4.69) is 21.3 Å². The van der Waals surface area contributed by atoms with Crippen LogP contribution in [0.2, 0.25) is 0 Å². The Hall–Kier alpha value is -1.71. The number of fused-ring (bicyclic) bond motifs is 2. The zero-order valence-corrected chi connectivity index (χ0v) is 18.3. The quantitative estimate of drug-likeness (QED) is 0.619. The zero-order chi connectivity index (χ0) is 18.3. The van der Waals surface area contributed by atoms with E-state index in [-0.39, 0.29) is 42.2 Å². The van der Waals surface area contributed by atoms with Gasteiger partial charge in [-0.2, -0.15) is 0 Å². The van der Waals surface area contributed by atoms with Gasteiger partial charge in [0.1, 0.15) is 18.0 Å². The Bertz CT molecular complexity index is 734. The maximum absolute atomic E-state index is 12.3. The lowest BCUT2D eigenvalue weighted by Crippen LogP contribution is -2.57. The van der Waals surface area contributed by atoms with E-state index >= 15 is 0 Å². The fourth-order valence-electron chi connectivity index (χ4n) is 3.63. The molecular formula is C19H27IN4O3. The molecule has 1 aromatic carbocycles. The Kier molecular flexibility index (Phi) is 5.73. The van der Waals surface area contributed by atoms with Crippen molar-refractivity contribution in [2.75, 3.05) is 32.8 Å². The summed E-state index contributed by atoms with van der Waals surface area (Å²) in [4.78, 5) is 21.1. The number of hydrogen-bond donors (Lipinski definition) is 1. The Balaban J connectivity index is 0.00000210. The first-order valence-corrected chi connectivity index (χ1v) is 9.18. The fraction of sp³-hybridized carbons (Fsp3) is 0.579. The number of ether oxygens (including phenoxy) is 2. The van der Waals surface area contributed by atoms with E-state index < -0.39 is 5.60 Å². The van der Waals surface area contributed by atoms with E-state index in [0.717, 1.165) is 18.3 Å². The third-order valence-corrected chi connectivity index (χ3v) is 4.86. The predicted octanol–water partition coefficient (Wildman–Crippen LogP) is 2.62. The number of halogens is 1. The van der Waals surface area contributed by atoms with Crippen molar-refractivity contribution < 1.29 is 14.3 Å². The molecule has 7 nitrogen and oxygen atoms in total. The number of piperazine rings is 1. The molecule has 27 heavy (non-hydrogen) atoms. The lowest BCUT2D eigenvalue weighted by Gasteiger charge is -2.39. The molecule has 0 bridgehead atoms. The second-order valence-corrected chi connectivity index (χ2v) is 7.98. The third-order valence-electron chi connectivity index (χ3n) is 4.86. The Morgan fingerprint density at radius 1 is 1.30 bits per heavy atom. The number of para-hydroxylation sites is 1. The summed E-state index contributed by atoms with van der Waals surface area (Å²) >= 11 is 0. The second kappa shape index (κ2) is 7.73. The van der Waals surface area contributed by atoms with Crippen molar-refractivity contribution in [1.82, 2.24) is 15.1 Å². The molecule has 0 radical (unpaired) electrons. The van der Waals surface area contributed by atoms with Crippen LogP contribution in [0.4, 0.5) is 4.79 Å². The molecule has 3 aliphatic rings. The Labute approximate surface area is 177 Å². The van der Waals surface area contributed by atoms with Gasteiger partial charge in [0.2, 0.25) is 0 Å². The fourth-order valence-corrected chi connectivity index (χ4v) is 3.63. The van der Waals surface area contributed by atoms with Crippen LogP contribution in [-0.2, 0) is 4.74 Å². The van der Waals surface area contributed by atoms with Crippen LogP contribution in [0.15, 0.2) is 29.3 Å². The third kappa shape index (κ3) is 4.25. The van der Waals surface area contributed by atoms with E-state index in [1.54, 1.807) is 4.90 Å². The monoisotopic (exact) mass is 486 g/mol. The highest BCUT2D eigenvalue weighted by atomic mass is 127. The minimum Gasteiger partial charge on any atom is -0.491 e. The van der Waals surface area contributed by atoms with E-state index in [4.69, 9.17) is 9.47 Å². The van der Waals surface area contributed by atoms with Crippen LogP contribution in [0.3, 0.4) is 0 Å². The molecule has 0 spiro atoms. The summed E-state index contributed by atoms with van der Waals surface area (Å²) in [7, 11) is 0. The normalized spacial score (nSPS) is 23.6. The summed E-state index contributed by atoms with van der Waals surface area (Å²) in [6.45, 7) is 9.02. The van der Waals surface area contributed by atoms with Gasteiger partial charge < -0.3 is 24.6 Å². The first-order chi connectivity index (χ1) is 12.4. The van der Waals surface area contributed by atoms with Crippen molar-refractivity contribution in [1.29, 1.82) is 0 Å². The lowest BCUT2D eigenvalue weighted by atomic mass is 10.1. The zero-order valence-electron chi connectivity index (χ0n) is 16.0. The van der Waals surface area contributed by atoms with Crippen LogP contribution in [0.5, 0.6) is 5.75 Å². The molecule has 148 valence electrons. The van der Waals surface area contributed by atoms with Gasteiger partial charge in [0, 0.05) is 25.2 Å². The van der Waals surface area contributed by atoms with E-state index in [9.17, 15) is 4.79 Å². The summed E-state index contributed by atoms with van der Waals surface area (Å²) in [6, 6.07) is 8.42. The highest BCUT2D eigenvalue weighted by Gasteiger charge is 2.37. The summed E-state index contributed by atoms with van der Waals surface area (Å²) < 4.78 is 11.2. The maximum Gasteiger partial charge on any atom is 0.410 e. The number of benzene rings is 1.